The number of aryl methyl sites for hydroxylation is 1. The number of aromatic nitrogens is 1. The topological polar surface area (TPSA) is 71.5 Å². The highest BCUT2D eigenvalue weighted by molar-refractivity contribution is 7.15. The first-order chi connectivity index (χ1) is 17.3. The molecule has 10 heteroatoms. The van der Waals surface area contributed by atoms with Crippen LogP contribution >= 0.6 is 11.3 Å². The van der Waals surface area contributed by atoms with Crippen LogP contribution in [0.15, 0.2) is 54.6 Å². The second-order valence-corrected chi connectivity index (χ2v) is 8.09. The van der Waals surface area contributed by atoms with Crippen molar-refractivity contribution >= 4 is 29.5 Å². The lowest BCUT2D eigenvalue weighted by Crippen LogP contribution is -2.25. The van der Waals surface area contributed by atoms with Crippen molar-refractivity contribution in [3.63, 3.8) is 0 Å². The molecule has 0 atom stereocenters. The van der Waals surface area contributed by atoms with Crippen molar-refractivity contribution in [1.29, 1.82) is 0 Å². The van der Waals surface area contributed by atoms with Gasteiger partial charge in [-0.2, -0.15) is 0 Å². The fraction of sp³-hybridized carbons (Fsp3) is 0.346. The molecule has 3 aromatic rings. The highest BCUT2D eigenvalue weighted by Gasteiger charge is 2.31. The Morgan fingerprint density at radius 2 is 1.64 bits per heavy atom. The van der Waals surface area contributed by atoms with Crippen LogP contribution < -0.4 is 15.0 Å². The Hall–Kier alpha value is -3.24. The fourth-order valence-corrected chi connectivity index (χ4v) is 3.75. The van der Waals surface area contributed by atoms with E-state index < -0.39 is 6.36 Å². The number of carbonyl (C=O) groups excluding carboxylic acids is 2. The molecule has 0 fully saturated rings. The predicted octanol–water partition coefficient (Wildman–Crippen LogP) is 6.09. The normalized spacial score (nSPS) is 9.89. The molecule has 0 bridgehead atoms. The first kappa shape index (κ1) is 32.8. The molecule has 0 unspecified atom stereocenters. The summed E-state index contributed by atoms with van der Waals surface area (Å²) in [7, 11) is 3.75. The number of hydrogen-bond acceptors (Lipinski definition) is 7. The van der Waals surface area contributed by atoms with E-state index in [-0.39, 0.29) is 5.75 Å². The predicted molar refractivity (Wildman–Crippen MR) is 140 cm³/mol. The Bertz CT molecular complexity index is 999. The minimum absolute atomic E-state index is 0.238. The minimum atomic E-state index is -4.72. The van der Waals surface area contributed by atoms with Crippen molar-refractivity contribution in [3.05, 3.63) is 76.3 Å². The van der Waals surface area contributed by atoms with Crippen LogP contribution in [0.5, 0.6) is 5.75 Å². The number of benzene rings is 2. The second-order valence-electron chi connectivity index (χ2n) is 6.91. The van der Waals surface area contributed by atoms with Crippen molar-refractivity contribution < 1.29 is 27.5 Å². The van der Waals surface area contributed by atoms with E-state index in [0.29, 0.717) is 35.9 Å². The zero-order valence-electron chi connectivity index (χ0n) is 21.3. The van der Waals surface area contributed by atoms with Gasteiger partial charge >= 0.3 is 6.36 Å². The van der Waals surface area contributed by atoms with Crippen LogP contribution in [0.3, 0.4) is 0 Å². The molecule has 1 N–H and O–H groups in total. The van der Waals surface area contributed by atoms with Gasteiger partial charge < -0.3 is 19.7 Å². The molecule has 1 aromatic heterocycles. The summed E-state index contributed by atoms with van der Waals surface area (Å²) in [5, 5.41) is 3.45. The Morgan fingerprint density at radius 3 is 2.17 bits per heavy atom. The van der Waals surface area contributed by atoms with E-state index in [9.17, 15) is 18.0 Å². The van der Waals surface area contributed by atoms with E-state index in [2.05, 4.69) is 15.0 Å². The molecule has 0 radical (unpaired) electrons. The van der Waals surface area contributed by atoms with Crippen molar-refractivity contribution in [1.82, 2.24) is 10.3 Å². The third-order valence-electron chi connectivity index (χ3n) is 4.22. The first-order valence-corrected chi connectivity index (χ1v) is 12.0. The molecule has 36 heavy (non-hydrogen) atoms. The van der Waals surface area contributed by atoms with Gasteiger partial charge in [0.2, 0.25) is 0 Å². The van der Waals surface area contributed by atoms with Crippen molar-refractivity contribution in [3.8, 4) is 5.75 Å². The maximum Gasteiger partial charge on any atom is 0.573 e. The molecule has 198 valence electrons. The molecule has 6 nitrogen and oxygen atoms in total. The Kier molecular flexibility index (Phi) is 16.5. The third-order valence-corrected chi connectivity index (χ3v) is 5.27. The number of rotatable bonds is 8. The maximum atomic E-state index is 12.5. The Labute approximate surface area is 215 Å². The molecule has 0 saturated heterocycles. The lowest BCUT2D eigenvalue weighted by Gasteiger charge is -2.22. The quantitative estimate of drug-likeness (QED) is 0.359. The third kappa shape index (κ3) is 12.5. The number of halogens is 3. The standard InChI is InChI=1S/C21H19F3N2O2S.C2H7N.C2H6.CH2O/c1-15-19(14-27)25-20(29-15)26(13-17-6-3-2-4-7-17)11-10-16-8-5-9-18(12-16)28-21(22,23)24;1-3-2;2*1-2/h2-9,12,14H,10-11,13H2,1H3;3H,1-2H3;1-2H3;1H2. The largest absolute Gasteiger partial charge is 0.573 e. The molecule has 0 amide bonds. The van der Waals surface area contributed by atoms with Crippen LogP contribution in [0.1, 0.15) is 40.3 Å². The molecule has 0 aliphatic carbocycles. The number of carbonyl (C=O) groups is 2. The number of alkyl halides is 3. The SMILES string of the molecule is C=O.CC.CNC.Cc1sc(N(CCc2cccc(OC(F)(F)F)c2)Cc2ccccc2)nc1C=O. The van der Waals surface area contributed by atoms with Gasteiger partial charge in [0.15, 0.2) is 11.4 Å². The zero-order chi connectivity index (χ0) is 27.6. The smallest absolute Gasteiger partial charge is 0.406 e. The van der Waals surface area contributed by atoms with E-state index in [0.717, 1.165) is 16.7 Å². The van der Waals surface area contributed by atoms with Crippen LogP contribution in [0.25, 0.3) is 0 Å². The summed E-state index contributed by atoms with van der Waals surface area (Å²) in [5.41, 5.74) is 2.19. The molecular formula is C26H34F3N3O3S. The molecule has 0 aliphatic rings. The minimum Gasteiger partial charge on any atom is -0.406 e. The number of nitrogens with zero attached hydrogens (tertiary/aromatic N) is 2. The number of nitrogens with one attached hydrogen (secondary N) is 1. The average Bonchev–Trinajstić information content (AvgIpc) is 3.25. The van der Waals surface area contributed by atoms with Crippen molar-refractivity contribution in [2.24, 2.45) is 0 Å². The second kappa shape index (κ2) is 18.1. The van der Waals surface area contributed by atoms with Gasteiger partial charge in [0.05, 0.1) is 0 Å². The van der Waals surface area contributed by atoms with Gasteiger partial charge in [-0.25, -0.2) is 4.98 Å². The van der Waals surface area contributed by atoms with Crippen LogP contribution in [0.4, 0.5) is 18.3 Å². The number of thiazole rings is 1. The van der Waals surface area contributed by atoms with Gasteiger partial charge in [0.25, 0.3) is 0 Å². The van der Waals surface area contributed by atoms with E-state index >= 15 is 0 Å². The van der Waals surface area contributed by atoms with Gasteiger partial charge in [-0.1, -0.05) is 56.3 Å². The summed E-state index contributed by atoms with van der Waals surface area (Å²) >= 11 is 1.42. The van der Waals surface area contributed by atoms with E-state index in [1.807, 2.05) is 76.9 Å². The van der Waals surface area contributed by atoms with Gasteiger partial charge in [-0.3, -0.25) is 4.79 Å². The molecule has 3 rings (SSSR count). The summed E-state index contributed by atoms with van der Waals surface area (Å²) < 4.78 is 41.4. The molecule has 0 spiro atoms. The summed E-state index contributed by atoms with van der Waals surface area (Å²) in [6, 6.07) is 15.8. The maximum absolute atomic E-state index is 12.5. The van der Waals surface area contributed by atoms with Gasteiger partial charge in [-0.05, 0) is 50.7 Å². The Morgan fingerprint density at radius 1 is 1.06 bits per heavy atom. The lowest BCUT2D eigenvalue weighted by atomic mass is 10.1. The average molecular weight is 526 g/mol. The van der Waals surface area contributed by atoms with Gasteiger partial charge in [0, 0.05) is 18.0 Å². The summed E-state index contributed by atoms with van der Waals surface area (Å²) in [6.07, 6.45) is -3.49. The zero-order valence-corrected chi connectivity index (χ0v) is 22.1. The molecule has 0 saturated carbocycles. The van der Waals surface area contributed by atoms with E-state index in [4.69, 9.17) is 4.79 Å². The van der Waals surface area contributed by atoms with Crippen molar-refractivity contribution in [2.75, 3.05) is 25.5 Å². The van der Waals surface area contributed by atoms with Gasteiger partial charge in [0.1, 0.15) is 18.2 Å². The van der Waals surface area contributed by atoms with Crippen LogP contribution in [0.2, 0.25) is 0 Å². The number of aldehydes is 1. The fourth-order valence-electron chi connectivity index (χ4n) is 2.85. The molecule has 1 heterocycles. The first-order valence-electron chi connectivity index (χ1n) is 11.2. The van der Waals surface area contributed by atoms with E-state index in [1.54, 1.807) is 6.07 Å². The van der Waals surface area contributed by atoms with Crippen LogP contribution in [0, 0.1) is 6.92 Å². The van der Waals surface area contributed by atoms with Crippen LogP contribution in [-0.4, -0.2) is 45.1 Å². The number of anilines is 1. The summed E-state index contributed by atoms with van der Waals surface area (Å²) in [4.78, 5) is 26.4. The Balaban J connectivity index is 0.00000159. The summed E-state index contributed by atoms with van der Waals surface area (Å²) in [6.45, 7) is 8.93. The van der Waals surface area contributed by atoms with E-state index in [1.165, 1.54) is 29.5 Å². The molecule has 0 aliphatic heterocycles. The van der Waals surface area contributed by atoms with Crippen LogP contribution in [-0.2, 0) is 17.8 Å². The number of ether oxygens (including phenoxy) is 1. The van der Waals surface area contributed by atoms with Crippen molar-refractivity contribution in [2.45, 2.75) is 40.1 Å². The number of hydrogen-bond donors (Lipinski definition) is 1. The van der Waals surface area contributed by atoms with Gasteiger partial charge in [-0.15, -0.1) is 24.5 Å². The highest BCUT2D eigenvalue weighted by atomic mass is 32.1. The molecular weight excluding hydrogens is 491 g/mol. The molecule has 2 aromatic carbocycles. The highest BCUT2D eigenvalue weighted by Crippen LogP contribution is 2.27. The lowest BCUT2D eigenvalue weighted by molar-refractivity contribution is -0.274. The summed E-state index contributed by atoms with van der Waals surface area (Å²) in [5.74, 6) is -0.238. The monoisotopic (exact) mass is 525 g/mol.